The highest BCUT2D eigenvalue weighted by atomic mass is 32.2. The topological polar surface area (TPSA) is 105 Å². The van der Waals surface area contributed by atoms with Gasteiger partial charge in [0.25, 0.3) is 0 Å². The maximum atomic E-state index is 12.3. The smallest absolute Gasteiger partial charge is 0.335 e. The van der Waals surface area contributed by atoms with Gasteiger partial charge in [0.2, 0.25) is 11.1 Å². The Kier molecular flexibility index (Phi) is 6.52. The first-order chi connectivity index (χ1) is 15.6. The van der Waals surface area contributed by atoms with Gasteiger partial charge >= 0.3 is 5.97 Å². The second kappa shape index (κ2) is 9.84. The third-order valence-electron chi connectivity index (χ3n) is 4.51. The SMILES string of the molecule is O=C(CSc1nnc(-c2ccccc2)c(-c2ccccc2)n1)Nc1ccc(C(=O)O)cc1. The van der Waals surface area contributed by atoms with Crippen LogP contribution < -0.4 is 5.32 Å². The zero-order valence-electron chi connectivity index (χ0n) is 16.8. The molecule has 8 heteroatoms. The summed E-state index contributed by atoms with van der Waals surface area (Å²) in [6.07, 6.45) is 0. The molecule has 0 bridgehead atoms. The molecule has 158 valence electrons. The lowest BCUT2D eigenvalue weighted by molar-refractivity contribution is -0.113. The number of anilines is 1. The maximum Gasteiger partial charge on any atom is 0.335 e. The van der Waals surface area contributed by atoms with Crippen LogP contribution in [0.2, 0.25) is 0 Å². The molecule has 4 aromatic rings. The number of carbonyl (C=O) groups excluding carboxylic acids is 1. The molecule has 3 aromatic carbocycles. The molecule has 0 fully saturated rings. The van der Waals surface area contributed by atoms with E-state index in [1.807, 2.05) is 60.7 Å². The van der Waals surface area contributed by atoms with Crippen LogP contribution in [0, 0.1) is 0 Å². The standard InChI is InChI=1S/C24H18N4O3S/c29-20(25-19-13-11-18(12-14-19)23(30)31)15-32-24-26-21(16-7-3-1-4-8-16)22(27-28-24)17-9-5-2-6-10-17/h1-14H,15H2,(H,25,29)(H,30,31). The molecule has 0 saturated heterocycles. The van der Waals surface area contributed by atoms with E-state index in [0.29, 0.717) is 22.2 Å². The zero-order valence-corrected chi connectivity index (χ0v) is 17.6. The molecule has 0 saturated carbocycles. The first-order valence-corrected chi connectivity index (χ1v) is 10.7. The summed E-state index contributed by atoms with van der Waals surface area (Å²) in [4.78, 5) is 27.9. The Labute approximate surface area is 188 Å². The number of amides is 1. The molecule has 0 aliphatic rings. The molecule has 4 rings (SSSR count). The van der Waals surface area contributed by atoms with Gasteiger partial charge in [-0.25, -0.2) is 9.78 Å². The van der Waals surface area contributed by atoms with Crippen LogP contribution in [-0.4, -0.2) is 37.9 Å². The number of carbonyl (C=O) groups is 2. The summed E-state index contributed by atoms with van der Waals surface area (Å²) >= 11 is 1.18. The van der Waals surface area contributed by atoms with Crippen LogP contribution in [0.1, 0.15) is 10.4 Å². The molecule has 1 heterocycles. The number of hydrogen-bond donors (Lipinski definition) is 2. The summed E-state index contributed by atoms with van der Waals surface area (Å²) < 4.78 is 0. The maximum absolute atomic E-state index is 12.3. The van der Waals surface area contributed by atoms with Crippen molar-refractivity contribution in [1.29, 1.82) is 0 Å². The van der Waals surface area contributed by atoms with Gasteiger partial charge < -0.3 is 10.4 Å². The Balaban J connectivity index is 1.50. The van der Waals surface area contributed by atoms with Crippen LogP contribution in [-0.2, 0) is 4.79 Å². The van der Waals surface area contributed by atoms with Gasteiger partial charge in [-0.2, -0.15) is 0 Å². The van der Waals surface area contributed by atoms with E-state index in [-0.39, 0.29) is 17.2 Å². The van der Waals surface area contributed by atoms with Gasteiger partial charge in [-0.1, -0.05) is 72.4 Å². The average Bonchev–Trinajstić information content (AvgIpc) is 2.84. The van der Waals surface area contributed by atoms with Crippen LogP contribution in [0.5, 0.6) is 0 Å². The zero-order chi connectivity index (χ0) is 22.3. The Bertz CT molecular complexity index is 1230. The van der Waals surface area contributed by atoms with E-state index in [1.165, 1.54) is 23.9 Å². The molecular formula is C24H18N4O3S. The number of rotatable bonds is 7. The predicted octanol–water partition coefficient (Wildman–Crippen LogP) is 4.63. The minimum Gasteiger partial charge on any atom is -0.478 e. The number of benzene rings is 3. The largest absolute Gasteiger partial charge is 0.478 e. The number of aromatic carboxylic acids is 1. The Morgan fingerprint density at radius 1 is 0.781 bits per heavy atom. The molecule has 32 heavy (non-hydrogen) atoms. The Morgan fingerprint density at radius 2 is 1.38 bits per heavy atom. The minimum atomic E-state index is -1.02. The molecule has 0 spiro atoms. The Hall–Kier alpha value is -4.04. The van der Waals surface area contributed by atoms with Gasteiger partial charge in [0.1, 0.15) is 11.4 Å². The van der Waals surface area contributed by atoms with Crippen molar-refractivity contribution < 1.29 is 14.7 Å². The fraction of sp³-hybridized carbons (Fsp3) is 0.0417. The lowest BCUT2D eigenvalue weighted by Crippen LogP contribution is -2.14. The molecule has 7 nitrogen and oxygen atoms in total. The summed E-state index contributed by atoms with van der Waals surface area (Å²) in [5.74, 6) is -1.19. The summed E-state index contributed by atoms with van der Waals surface area (Å²) in [5.41, 5.74) is 3.85. The summed E-state index contributed by atoms with van der Waals surface area (Å²) in [6, 6.07) is 25.4. The van der Waals surface area contributed by atoms with E-state index in [1.54, 1.807) is 12.1 Å². The summed E-state index contributed by atoms with van der Waals surface area (Å²) in [6.45, 7) is 0. The van der Waals surface area contributed by atoms with Gasteiger partial charge in [0.15, 0.2) is 0 Å². The highest BCUT2D eigenvalue weighted by Gasteiger charge is 2.14. The van der Waals surface area contributed by atoms with Crippen molar-refractivity contribution in [2.24, 2.45) is 0 Å². The first-order valence-electron chi connectivity index (χ1n) is 9.72. The molecular weight excluding hydrogens is 424 g/mol. The van der Waals surface area contributed by atoms with Crippen molar-refractivity contribution in [3.63, 3.8) is 0 Å². The monoisotopic (exact) mass is 442 g/mol. The Morgan fingerprint density at radius 3 is 1.97 bits per heavy atom. The molecule has 0 atom stereocenters. The number of carboxylic acid groups (broad SMARTS) is 1. The van der Waals surface area contributed by atoms with Crippen molar-refractivity contribution in [2.45, 2.75) is 5.16 Å². The third kappa shape index (κ3) is 5.16. The van der Waals surface area contributed by atoms with E-state index in [0.717, 1.165) is 11.1 Å². The lowest BCUT2D eigenvalue weighted by Gasteiger charge is -2.09. The van der Waals surface area contributed by atoms with Gasteiger partial charge in [0, 0.05) is 16.8 Å². The number of thioether (sulfide) groups is 1. The van der Waals surface area contributed by atoms with Crippen LogP contribution in [0.15, 0.2) is 90.1 Å². The molecule has 0 aliphatic carbocycles. The first kappa shape index (κ1) is 21.2. The fourth-order valence-corrected chi connectivity index (χ4v) is 3.57. The van der Waals surface area contributed by atoms with Gasteiger partial charge in [0.05, 0.1) is 11.3 Å². The van der Waals surface area contributed by atoms with Crippen molar-refractivity contribution in [3.8, 4) is 22.5 Å². The molecule has 1 aromatic heterocycles. The van der Waals surface area contributed by atoms with Crippen LogP contribution in [0.4, 0.5) is 5.69 Å². The summed E-state index contributed by atoms with van der Waals surface area (Å²) in [5, 5.41) is 20.7. The van der Waals surface area contributed by atoms with Crippen LogP contribution in [0.3, 0.4) is 0 Å². The van der Waals surface area contributed by atoms with E-state index in [9.17, 15) is 9.59 Å². The normalized spacial score (nSPS) is 10.5. The molecule has 2 N–H and O–H groups in total. The second-order valence-corrected chi connectivity index (χ2v) is 7.69. The van der Waals surface area contributed by atoms with Crippen molar-refractivity contribution in [1.82, 2.24) is 15.2 Å². The highest BCUT2D eigenvalue weighted by Crippen LogP contribution is 2.29. The predicted molar refractivity (Wildman–Crippen MR) is 123 cm³/mol. The van der Waals surface area contributed by atoms with Gasteiger partial charge in [-0.3, -0.25) is 4.79 Å². The minimum absolute atomic E-state index is 0.0846. The number of carboxylic acids is 1. The van der Waals surface area contributed by atoms with E-state index < -0.39 is 5.97 Å². The van der Waals surface area contributed by atoms with Gasteiger partial charge in [-0.05, 0) is 24.3 Å². The second-order valence-electron chi connectivity index (χ2n) is 6.74. The van der Waals surface area contributed by atoms with Crippen molar-refractivity contribution >= 4 is 29.3 Å². The highest BCUT2D eigenvalue weighted by molar-refractivity contribution is 7.99. The average molecular weight is 443 g/mol. The number of aromatic nitrogens is 3. The quantitative estimate of drug-likeness (QED) is 0.402. The van der Waals surface area contributed by atoms with Crippen molar-refractivity contribution in [3.05, 3.63) is 90.5 Å². The lowest BCUT2D eigenvalue weighted by atomic mass is 10.0. The van der Waals surface area contributed by atoms with Crippen LogP contribution >= 0.6 is 11.8 Å². The van der Waals surface area contributed by atoms with Crippen molar-refractivity contribution in [2.75, 3.05) is 11.1 Å². The van der Waals surface area contributed by atoms with E-state index in [2.05, 4.69) is 20.5 Å². The summed E-state index contributed by atoms with van der Waals surface area (Å²) in [7, 11) is 0. The molecule has 0 unspecified atom stereocenters. The number of nitrogens with one attached hydrogen (secondary N) is 1. The van der Waals surface area contributed by atoms with Crippen LogP contribution in [0.25, 0.3) is 22.5 Å². The fourth-order valence-electron chi connectivity index (χ4n) is 2.98. The van der Waals surface area contributed by atoms with Gasteiger partial charge in [-0.15, -0.1) is 10.2 Å². The number of nitrogens with zero attached hydrogens (tertiary/aromatic N) is 3. The third-order valence-corrected chi connectivity index (χ3v) is 5.35. The molecule has 0 radical (unpaired) electrons. The number of hydrogen-bond acceptors (Lipinski definition) is 6. The van der Waals surface area contributed by atoms with E-state index in [4.69, 9.17) is 5.11 Å². The molecule has 0 aliphatic heterocycles. The molecule has 1 amide bonds. The van der Waals surface area contributed by atoms with E-state index >= 15 is 0 Å².